The van der Waals surface area contributed by atoms with Crippen LogP contribution >= 0.6 is 23.1 Å². The molecule has 158 valence electrons. The summed E-state index contributed by atoms with van der Waals surface area (Å²) in [6, 6.07) is 16.0. The molecule has 1 atom stereocenters. The van der Waals surface area contributed by atoms with E-state index in [0.29, 0.717) is 17.5 Å². The quantitative estimate of drug-likeness (QED) is 0.410. The molecular formula is C23H23N5OS2. The minimum atomic E-state index is -0.328. The standard InChI is InChI=1S/C23H23N5OS2/c1-15-9-10-20(16(2)13-15)28-21(19-8-4-5-11-24-19)26-27-23(28)31-17(3)22(29)25-14-18-7-6-12-30-18/h4-13,17H,14H2,1-3H3,(H,25,29). The molecule has 3 aromatic heterocycles. The fraction of sp³-hybridized carbons (Fsp3) is 0.217. The van der Waals surface area contributed by atoms with Crippen LogP contribution in [0, 0.1) is 13.8 Å². The van der Waals surface area contributed by atoms with Gasteiger partial charge in [0.25, 0.3) is 0 Å². The minimum Gasteiger partial charge on any atom is -0.350 e. The van der Waals surface area contributed by atoms with Crippen LogP contribution in [-0.4, -0.2) is 30.9 Å². The van der Waals surface area contributed by atoms with Crippen molar-refractivity contribution in [2.24, 2.45) is 0 Å². The van der Waals surface area contributed by atoms with Crippen molar-refractivity contribution in [2.45, 2.75) is 37.7 Å². The van der Waals surface area contributed by atoms with Crippen molar-refractivity contribution in [3.05, 3.63) is 76.1 Å². The molecule has 0 saturated carbocycles. The zero-order chi connectivity index (χ0) is 21.8. The van der Waals surface area contributed by atoms with Crippen LogP contribution in [0.4, 0.5) is 0 Å². The lowest BCUT2D eigenvalue weighted by molar-refractivity contribution is -0.120. The van der Waals surface area contributed by atoms with Gasteiger partial charge in [0.1, 0.15) is 5.69 Å². The highest BCUT2D eigenvalue weighted by molar-refractivity contribution is 8.00. The van der Waals surface area contributed by atoms with Crippen molar-refractivity contribution < 1.29 is 4.79 Å². The molecule has 0 fully saturated rings. The fourth-order valence-corrected chi connectivity index (χ4v) is 4.75. The van der Waals surface area contributed by atoms with Crippen LogP contribution < -0.4 is 5.32 Å². The first-order valence-corrected chi connectivity index (χ1v) is 11.7. The predicted molar refractivity (Wildman–Crippen MR) is 126 cm³/mol. The lowest BCUT2D eigenvalue weighted by Crippen LogP contribution is -2.30. The van der Waals surface area contributed by atoms with Gasteiger partial charge in [-0.15, -0.1) is 21.5 Å². The molecule has 0 aliphatic rings. The van der Waals surface area contributed by atoms with E-state index < -0.39 is 0 Å². The smallest absolute Gasteiger partial charge is 0.233 e. The lowest BCUT2D eigenvalue weighted by Gasteiger charge is -2.15. The van der Waals surface area contributed by atoms with E-state index in [4.69, 9.17) is 0 Å². The Balaban J connectivity index is 1.64. The van der Waals surface area contributed by atoms with E-state index in [1.54, 1.807) is 17.5 Å². The Bertz CT molecular complexity index is 1170. The third-order valence-electron chi connectivity index (χ3n) is 4.79. The maximum atomic E-state index is 12.7. The van der Waals surface area contributed by atoms with Gasteiger partial charge in [0.15, 0.2) is 11.0 Å². The van der Waals surface area contributed by atoms with Crippen molar-refractivity contribution in [3.8, 4) is 17.2 Å². The predicted octanol–water partition coefficient (Wildman–Crippen LogP) is 4.80. The monoisotopic (exact) mass is 449 g/mol. The Hall–Kier alpha value is -2.97. The molecule has 0 radical (unpaired) electrons. The van der Waals surface area contributed by atoms with Crippen molar-refractivity contribution in [3.63, 3.8) is 0 Å². The fourth-order valence-electron chi connectivity index (χ4n) is 3.22. The summed E-state index contributed by atoms with van der Waals surface area (Å²) in [6.45, 7) is 6.55. The number of nitrogens with zero attached hydrogens (tertiary/aromatic N) is 4. The molecule has 1 aromatic carbocycles. The van der Waals surface area contributed by atoms with Crippen molar-refractivity contribution >= 4 is 29.0 Å². The molecule has 1 N–H and O–H groups in total. The maximum absolute atomic E-state index is 12.7. The average molecular weight is 450 g/mol. The van der Waals surface area contributed by atoms with Gasteiger partial charge in [0.05, 0.1) is 17.5 Å². The van der Waals surface area contributed by atoms with Crippen LogP contribution in [-0.2, 0) is 11.3 Å². The highest BCUT2D eigenvalue weighted by Gasteiger charge is 2.23. The van der Waals surface area contributed by atoms with Gasteiger partial charge in [-0.25, -0.2) is 0 Å². The van der Waals surface area contributed by atoms with Crippen molar-refractivity contribution in [1.82, 2.24) is 25.1 Å². The van der Waals surface area contributed by atoms with E-state index in [0.717, 1.165) is 21.8 Å². The van der Waals surface area contributed by atoms with E-state index in [-0.39, 0.29) is 11.2 Å². The second kappa shape index (κ2) is 9.45. The summed E-state index contributed by atoms with van der Waals surface area (Å²) in [5, 5.41) is 14.2. The van der Waals surface area contributed by atoms with Crippen LogP contribution in [0.3, 0.4) is 0 Å². The molecule has 8 heteroatoms. The van der Waals surface area contributed by atoms with Gasteiger partial charge >= 0.3 is 0 Å². The molecule has 0 saturated heterocycles. The SMILES string of the molecule is Cc1ccc(-n2c(SC(C)C(=O)NCc3cccs3)nnc2-c2ccccn2)c(C)c1. The average Bonchev–Trinajstić information content (AvgIpc) is 3.43. The summed E-state index contributed by atoms with van der Waals surface area (Å²) in [6.07, 6.45) is 1.74. The Morgan fingerprint density at radius 1 is 1.16 bits per heavy atom. The third kappa shape index (κ3) is 4.86. The number of pyridine rings is 1. The molecule has 0 spiro atoms. The summed E-state index contributed by atoms with van der Waals surface area (Å²) in [5.41, 5.74) is 4.00. The van der Waals surface area contributed by atoms with Gasteiger partial charge in [0.2, 0.25) is 5.91 Å². The van der Waals surface area contributed by atoms with Crippen LogP contribution in [0.1, 0.15) is 22.9 Å². The molecule has 6 nitrogen and oxygen atoms in total. The topological polar surface area (TPSA) is 72.7 Å². The number of thioether (sulfide) groups is 1. The number of thiophene rings is 1. The van der Waals surface area contributed by atoms with Crippen molar-refractivity contribution in [2.75, 3.05) is 0 Å². The van der Waals surface area contributed by atoms with Gasteiger partial charge in [-0.1, -0.05) is 41.6 Å². The zero-order valence-electron chi connectivity index (χ0n) is 17.6. The van der Waals surface area contributed by atoms with E-state index in [2.05, 4.69) is 52.5 Å². The maximum Gasteiger partial charge on any atom is 0.233 e. The largest absolute Gasteiger partial charge is 0.350 e. The van der Waals surface area contributed by atoms with E-state index in [9.17, 15) is 4.79 Å². The van der Waals surface area contributed by atoms with Crippen molar-refractivity contribution in [1.29, 1.82) is 0 Å². The van der Waals surface area contributed by atoms with Crippen LogP contribution in [0.15, 0.2) is 65.3 Å². The van der Waals surface area contributed by atoms with Crippen LogP contribution in [0.25, 0.3) is 17.2 Å². The van der Waals surface area contributed by atoms with Gasteiger partial charge < -0.3 is 5.32 Å². The first kappa shape index (κ1) is 21.3. The second-order valence-corrected chi connectivity index (χ2v) is 9.54. The van der Waals surface area contributed by atoms with Gasteiger partial charge in [-0.05, 0) is 56.0 Å². The number of hydrogen-bond acceptors (Lipinski definition) is 6. The molecule has 0 bridgehead atoms. The number of carbonyl (C=O) groups excluding carboxylic acids is 1. The molecule has 4 rings (SSSR count). The molecule has 0 aliphatic carbocycles. The number of aromatic nitrogens is 4. The van der Waals surface area contributed by atoms with E-state index in [1.165, 1.54) is 17.3 Å². The summed E-state index contributed by atoms with van der Waals surface area (Å²) in [5.74, 6) is 0.620. The molecule has 3 heterocycles. The zero-order valence-corrected chi connectivity index (χ0v) is 19.2. The number of benzene rings is 1. The number of rotatable bonds is 7. The molecule has 0 aliphatic heterocycles. The summed E-state index contributed by atoms with van der Waals surface area (Å²) in [7, 11) is 0. The van der Waals surface area contributed by atoms with Gasteiger partial charge in [0, 0.05) is 11.1 Å². The summed E-state index contributed by atoms with van der Waals surface area (Å²) in [4.78, 5) is 18.3. The Labute approximate surface area is 189 Å². The molecule has 31 heavy (non-hydrogen) atoms. The second-order valence-electron chi connectivity index (χ2n) is 7.20. The highest BCUT2D eigenvalue weighted by atomic mass is 32.2. The lowest BCUT2D eigenvalue weighted by atomic mass is 10.1. The highest BCUT2D eigenvalue weighted by Crippen LogP contribution is 2.31. The number of nitrogens with one attached hydrogen (secondary N) is 1. The third-order valence-corrected chi connectivity index (χ3v) is 6.71. The van der Waals surface area contributed by atoms with Crippen LogP contribution in [0.2, 0.25) is 0 Å². The first-order chi connectivity index (χ1) is 15.0. The van der Waals surface area contributed by atoms with Gasteiger partial charge in [-0.3, -0.25) is 14.3 Å². The summed E-state index contributed by atoms with van der Waals surface area (Å²) >= 11 is 3.02. The van der Waals surface area contributed by atoms with Crippen LogP contribution in [0.5, 0.6) is 0 Å². The number of amides is 1. The van der Waals surface area contributed by atoms with Gasteiger partial charge in [-0.2, -0.15) is 0 Å². The van der Waals surface area contributed by atoms with E-state index >= 15 is 0 Å². The number of aryl methyl sites for hydroxylation is 2. The molecule has 1 unspecified atom stereocenters. The molecular weight excluding hydrogens is 426 g/mol. The normalized spacial score (nSPS) is 12.0. The Morgan fingerprint density at radius 2 is 2.03 bits per heavy atom. The molecule has 4 aromatic rings. The Kier molecular flexibility index (Phi) is 6.48. The minimum absolute atomic E-state index is 0.0343. The summed E-state index contributed by atoms with van der Waals surface area (Å²) < 4.78 is 1.99. The molecule has 1 amide bonds. The number of carbonyl (C=O) groups is 1. The first-order valence-electron chi connectivity index (χ1n) is 9.94. The number of hydrogen-bond donors (Lipinski definition) is 1. The van der Waals surface area contributed by atoms with E-state index in [1.807, 2.05) is 47.2 Å². The Morgan fingerprint density at radius 3 is 2.74 bits per heavy atom.